The van der Waals surface area contributed by atoms with Crippen molar-refractivity contribution in [2.24, 2.45) is 0 Å². The van der Waals surface area contributed by atoms with Crippen molar-refractivity contribution in [1.29, 1.82) is 0 Å². The highest BCUT2D eigenvalue weighted by Gasteiger charge is 2.06. The van der Waals surface area contributed by atoms with Crippen LogP contribution in [0.1, 0.15) is 0 Å². The fourth-order valence-electron chi connectivity index (χ4n) is 1.26. The molecule has 0 spiro atoms. The maximum atomic E-state index is 11.0. The minimum Gasteiger partial charge on any atom is -0.362 e. The van der Waals surface area contributed by atoms with Gasteiger partial charge in [-0.05, 0) is 18.2 Å². The third-order valence-corrected chi connectivity index (χ3v) is 3.32. The Morgan fingerprint density at radius 2 is 1.78 bits per heavy atom. The van der Waals surface area contributed by atoms with Crippen LogP contribution in [0.15, 0.2) is 58.5 Å². The summed E-state index contributed by atoms with van der Waals surface area (Å²) in [5.74, 6) is 0.0819. The molecule has 94 valence electrons. The molecule has 0 aliphatic heterocycles. The summed E-state index contributed by atoms with van der Waals surface area (Å²) in [6.07, 6.45) is 0.992. The summed E-state index contributed by atoms with van der Waals surface area (Å²) < 4.78 is 26.7. The molecule has 0 unspecified atom stereocenters. The number of benzene rings is 1. The first kappa shape index (κ1) is 12.9. The van der Waals surface area contributed by atoms with E-state index in [0.717, 1.165) is 11.2 Å². The van der Waals surface area contributed by atoms with Gasteiger partial charge < -0.3 is 4.18 Å². The van der Waals surface area contributed by atoms with E-state index in [1.54, 1.807) is 12.1 Å². The third-order valence-electron chi connectivity index (χ3n) is 1.90. The smallest absolute Gasteiger partial charge is 0.307 e. The Bertz CT molecular complexity index is 627. The summed E-state index contributed by atoms with van der Waals surface area (Å²) in [6, 6.07) is 14.7. The lowest BCUT2D eigenvalue weighted by Gasteiger charge is -2.04. The molecule has 1 aromatic heterocycles. The molecule has 0 radical (unpaired) electrons. The summed E-state index contributed by atoms with van der Waals surface area (Å²) in [5.41, 5.74) is 0. The van der Waals surface area contributed by atoms with E-state index in [9.17, 15) is 8.42 Å². The molecule has 0 amide bonds. The Balaban J connectivity index is 2.18. The SMILES string of the molecule is CS(=O)(=O)Oc1cccc(Sc2ccccc2)n1. The van der Waals surface area contributed by atoms with Crippen molar-refractivity contribution >= 4 is 21.9 Å². The van der Waals surface area contributed by atoms with E-state index in [2.05, 4.69) is 4.98 Å². The van der Waals surface area contributed by atoms with Gasteiger partial charge in [-0.15, -0.1) is 0 Å². The Kier molecular flexibility index (Phi) is 3.88. The summed E-state index contributed by atoms with van der Waals surface area (Å²) >= 11 is 1.44. The van der Waals surface area contributed by atoms with E-state index in [0.29, 0.717) is 5.03 Å². The Labute approximate surface area is 110 Å². The van der Waals surface area contributed by atoms with Gasteiger partial charge in [0.2, 0.25) is 5.88 Å². The molecule has 0 fully saturated rings. The van der Waals surface area contributed by atoms with Gasteiger partial charge in [-0.2, -0.15) is 8.42 Å². The summed E-state index contributed by atoms with van der Waals surface area (Å²) in [5, 5.41) is 0.683. The Morgan fingerprint density at radius 1 is 1.06 bits per heavy atom. The molecule has 6 heteroatoms. The molecule has 0 aliphatic carbocycles. The normalized spacial score (nSPS) is 11.2. The molecular formula is C12H11NO3S2. The molecule has 0 saturated heterocycles. The van der Waals surface area contributed by atoms with Crippen molar-refractivity contribution in [2.75, 3.05) is 6.26 Å². The largest absolute Gasteiger partial charge is 0.362 e. The highest BCUT2D eigenvalue weighted by molar-refractivity contribution is 7.99. The second-order valence-corrected chi connectivity index (χ2v) is 6.19. The fourth-order valence-corrected chi connectivity index (χ4v) is 2.48. The van der Waals surface area contributed by atoms with Gasteiger partial charge in [0.05, 0.1) is 6.26 Å². The van der Waals surface area contributed by atoms with E-state index in [1.165, 1.54) is 17.8 Å². The van der Waals surface area contributed by atoms with Crippen molar-refractivity contribution in [3.8, 4) is 5.88 Å². The zero-order valence-corrected chi connectivity index (χ0v) is 11.2. The van der Waals surface area contributed by atoms with E-state index < -0.39 is 10.1 Å². The maximum Gasteiger partial charge on any atom is 0.307 e. The van der Waals surface area contributed by atoms with Crippen LogP contribution in [0.3, 0.4) is 0 Å². The van der Waals surface area contributed by atoms with Crippen molar-refractivity contribution in [2.45, 2.75) is 9.92 Å². The predicted molar refractivity (Wildman–Crippen MR) is 70.3 cm³/mol. The van der Waals surface area contributed by atoms with Gasteiger partial charge in [0.1, 0.15) is 5.03 Å². The number of rotatable bonds is 4. The fraction of sp³-hybridized carbons (Fsp3) is 0.0833. The predicted octanol–water partition coefficient (Wildman–Crippen LogP) is 2.57. The van der Waals surface area contributed by atoms with Gasteiger partial charge in [0.15, 0.2) is 0 Å². The summed E-state index contributed by atoms with van der Waals surface area (Å²) in [6.45, 7) is 0. The third kappa shape index (κ3) is 4.05. The zero-order chi connectivity index (χ0) is 13.0. The summed E-state index contributed by atoms with van der Waals surface area (Å²) in [4.78, 5) is 5.14. The molecule has 0 aliphatic rings. The molecular weight excluding hydrogens is 270 g/mol. The van der Waals surface area contributed by atoms with Crippen LogP contribution in [-0.4, -0.2) is 19.7 Å². The molecule has 4 nitrogen and oxygen atoms in total. The molecule has 1 heterocycles. The first-order valence-electron chi connectivity index (χ1n) is 5.12. The first-order valence-corrected chi connectivity index (χ1v) is 7.76. The van der Waals surface area contributed by atoms with E-state index in [1.807, 2.05) is 30.3 Å². The molecule has 2 rings (SSSR count). The van der Waals surface area contributed by atoms with Crippen LogP contribution < -0.4 is 4.18 Å². The maximum absolute atomic E-state index is 11.0. The second kappa shape index (κ2) is 5.41. The molecule has 18 heavy (non-hydrogen) atoms. The minimum absolute atomic E-state index is 0.0819. The van der Waals surface area contributed by atoms with Crippen molar-refractivity contribution in [3.63, 3.8) is 0 Å². The van der Waals surface area contributed by atoms with Crippen LogP contribution in [0.5, 0.6) is 5.88 Å². The number of hydrogen-bond donors (Lipinski definition) is 0. The number of aromatic nitrogens is 1. The first-order chi connectivity index (χ1) is 8.53. The molecule has 0 saturated carbocycles. The lowest BCUT2D eigenvalue weighted by atomic mass is 10.4. The minimum atomic E-state index is -3.54. The van der Waals surface area contributed by atoms with E-state index in [-0.39, 0.29) is 5.88 Å². The monoisotopic (exact) mass is 281 g/mol. The van der Waals surface area contributed by atoms with Crippen molar-refractivity contribution in [3.05, 3.63) is 48.5 Å². The zero-order valence-electron chi connectivity index (χ0n) is 9.61. The van der Waals surface area contributed by atoms with Gasteiger partial charge >= 0.3 is 10.1 Å². The average molecular weight is 281 g/mol. The van der Waals surface area contributed by atoms with Crippen molar-refractivity contribution in [1.82, 2.24) is 4.98 Å². The van der Waals surface area contributed by atoms with E-state index >= 15 is 0 Å². The standard InChI is InChI=1S/C12H11NO3S2/c1-18(14,15)16-11-8-5-9-12(13-11)17-10-6-3-2-4-7-10/h2-9H,1H3. The van der Waals surface area contributed by atoms with Crippen LogP contribution in [0.25, 0.3) is 0 Å². The van der Waals surface area contributed by atoms with Gasteiger partial charge in [-0.25, -0.2) is 4.98 Å². The topological polar surface area (TPSA) is 56.3 Å². The quantitative estimate of drug-likeness (QED) is 0.806. The molecule has 1 aromatic carbocycles. The number of pyridine rings is 1. The Morgan fingerprint density at radius 3 is 2.44 bits per heavy atom. The van der Waals surface area contributed by atoms with Gasteiger partial charge in [-0.1, -0.05) is 36.0 Å². The lowest BCUT2D eigenvalue weighted by molar-refractivity contribution is 0.480. The Hall–Kier alpha value is -1.53. The number of nitrogens with zero attached hydrogens (tertiary/aromatic N) is 1. The highest BCUT2D eigenvalue weighted by Crippen LogP contribution is 2.26. The summed E-state index contributed by atoms with van der Waals surface area (Å²) in [7, 11) is -3.54. The molecule has 0 bridgehead atoms. The average Bonchev–Trinajstić information content (AvgIpc) is 2.28. The van der Waals surface area contributed by atoms with Gasteiger partial charge in [0, 0.05) is 11.0 Å². The lowest BCUT2D eigenvalue weighted by Crippen LogP contribution is -2.06. The second-order valence-electron chi connectivity index (χ2n) is 3.52. The van der Waals surface area contributed by atoms with Crippen LogP contribution in [0, 0.1) is 0 Å². The van der Waals surface area contributed by atoms with Crippen LogP contribution in [0.2, 0.25) is 0 Å². The molecule has 2 aromatic rings. The highest BCUT2D eigenvalue weighted by atomic mass is 32.2. The van der Waals surface area contributed by atoms with E-state index in [4.69, 9.17) is 4.18 Å². The van der Waals surface area contributed by atoms with Crippen LogP contribution >= 0.6 is 11.8 Å². The van der Waals surface area contributed by atoms with Crippen LogP contribution in [-0.2, 0) is 10.1 Å². The van der Waals surface area contributed by atoms with Crippen molar-refractivity contribution < 1.29 is 12.6 Å². The van der Waals surface area contributed by atoms with Crippen LogP contribution in [0.4, 0.5) is 0 Å². The van der Waals surface area contributed by atoms with Gasteiger partial charge in [0.25, 0.3) is 0 Å². The number of hydrogen-bond acceptors (Lipinski definition) is 5. The van der Waals surface area contributed by atoms with Gasteiger partial charge in [-0.3, -0.25) is 0 Å². The molecule has 0 atom stereocenters. The molecule has 0 N–H and O–H groups in total.